The summed E-state index contributed by atoms with van der Waals surface area (Å²) in [4.78, 5) is 2.35. The van der Waals surface area contributed by atoms with Crippen molar-refractivity contribution in [3.63, 3.8) is 0 Å². The largest absolute Gasteiger partial charge is 0.455 e. The van der Waals surface area contributed by atoms with Crippen LogP contribution < -0.4 is 4.90 Å². The van der Waals surface area contributed by atoms with E-state index in [4.69, 9.17) is 4.42 Å². The summed E-state index contributed by atoms with van der Waals surface area (Å²) in [5, 5.41) is 3.59. The lowest BCUT2D eigenvalue weighted by Crippen LogP contribution is -2.10. The van der Waals surface area contributed by atoms with Crippen molar-refractivity contribution < 1.29 is 4.42 Å². The first kappa shape index (κ1) is 33.2. The molecule has 0 atom stereocenters. The van der Waals surface area contributed by atoms with Crippen LogP contribution in [0.1, 0.15) is 0 Å². The lowest BCUT2D eigenvalue weighted by atomic mass is 9.93. The fourth-order valence-electron chi connectivity index (χ4n) is 8.02. The molecule has 10 rings (SSSR count). The fourth-order valence-corrected chi connectivity index (χ4v) is 8.02. The van der Waals surface area contributed by atoms with E-state index in [1.54, 1.807) is 0 Å². The molecule has 264 valence electrons. The van der Waals surface area contributed by atoms with Gasteiger partial charge in [-0.2, -0.15) is 0 Å². The Bertz CT molecular complexity index is 2940. The zero-order valence-corrected chi connectivity index (χ0v) is 30.7. The molecule has 10 aromatic rings. The number of benzene rings is 9. The smallest absolute Gasteiger partial charge is 0.143 e. The molecular formula is C54H37NO. The van der Waals surface area contributed by atoms with Gasteiger partial charge in [-0.15, -0.1) is 0 Å². The van der Waals surface area contributed by atoms with Gasteiger partial charge in [0.05, 0.1) is 0 Å². The van der Waals surface area contributed by atoms with Crippen molar-refractivity contribution in [2.24, 2.45) is 0 Å². The van der Waals surface area contributed by atoms with Crippen LogP contribution in [0.25, 0.3) is 77.6 Å². The van der Waals surface area contributed by atoms with Gasteiger partial charge in [0.1, 0.15) is 11.3 Å². The molecule has 0 saturated carbocycles. The zero-order chi connectivity index (χ0) is 37.3. The molecule has 0 aliphatic carbocycles. The first-order valence-corrected chi connectivity index (χ1v) is 19.1. The molecule has 2 nitrogen and oxygen atoms in total. The summed E-state index contributed by atoms with van der Waals surface area (Å²) in [5.41, 5.74) is 14.5. The highest BCUT2D eigenvalue weighted by Crippen LogP contribution is 2.45. The molecule has 0 saturated heterocycles. The minimum absolute atomic E-state index is 0.877. The Labute approximate surface area is 327 Å². The number of hydrogen-bond acceptors (Lipinski definition) is 2. The summed E-state index contributed by atoms with van der Waals surface area (Å²) in [6.45, 7) is 0. The molecule has 0 amide bonds. The minimum atomic E-state index is 0.877. The molecule has 0 unspecified atom stereocenters. The summed E-state index contributed by atoms with van der Waals surface area (Å²) in [7, 11) is 0. The maximum atomic E-state index is 6.69. The Morgan fingerprint density at radius 2 is 0.821 bits per heavy atom. The van der Waals surface area contributed by atoms with Gasteiger partial charge in [0.15, 0.2) is 0 Å². The van der Waals surface area contributed by atoms with E-state index in [-0.39, 0.29) is 0 Å². The van der Waals surface area contributed by atoms with Crippen LogP contribution in [-0.2, 0) is 0 Å². The molecule has 0 fully saturated rings. The van der Waals surface area contributed by atoms with Gasteiger partial charge in [-0.25, -0.2) is 0 Å². The lowest BCUT2D eigenvalue weighted by Gasteiger charge is -2.26. The van der Waals surface area contributed by atoms with E-state index >= 15 is 0 Å². The topological polar surface area (TPSA) is 16.4 Å². The van der Waals surface area contributed by atoms with Gasteiger partial charge in [0.25, 0.3) is 0 Å². The molecule has 0 bridgehead atoms. The summed E-state index contributed by atoms with van der Waals surface area (Å²) in [6, 6.07) is 79.9. The number of nitrogens with zero attached hydrogens (tertiary/aromatic N) is 1. The predicted molar refractivity (Wildman–Crippen MR) is 236 cm³/mol. The van der Waals surface area contributed by atoms with E-state index in [0.717, 1.165) is 61.6 Å². The first-order valence-electron chi connectivity index (χ1n) is 19.1. The number of rotatable bonds is 8. The summed E-state index contributed by atoms with van der Waals surface area (Å²) < 4.78 is 6.69. The second-order valence-electron chi connectivity index (χ2n) is 14.1. The van der Waals surface area contributed by atoms with E-state index < -0.39 is 0 Å². The Morgan fingerprint density at radius 3 is 1.57 bits per heavy atom. The normalized spacial score (nSPS) is 11.2. The summed E-state index contributed by atoms with van der Waals surface area (Å²) in [5.74, 6) is 0.877. The van der Waals surface area contributed by atoms with Crippen molar-refractivity contribution in [1.29, 1.82) is 0 Å². The Balaban J connectivity index is 1.08. The summed E-state index contributed by atoms with van der Waals surface area (Å²) in [6.07, 6.45) is 0. The highest BCUT2D eigenvalue weighted by atomic mass is 16.3. The van der Waals surface area contributed by atoms with Crippen LogP contribution in [0.15, 0.2) is 229 Å². The molecule has 0 aliphatic rings. The van der Waals surface area contributed by atoms with Gasteiger partial charge in [-0.05, 0) is 92.2 Å². The lowest BCUT2D eigenvalue weighted by molar-refractivity contribution is 0.632. The van der Waals surface area contributed by atoms with Crippen molar-refractivity contribution in [2.75, 3.05) is 4.90 Å². The van der Waals surface area contributed by atoms with Gasteiger partial charge in [0.2, 0.25) is 0 Å². The number of furan rings is 1. The van der Waals surface area contributed by atoms with E-state index in [2.05, 4.69) is 223 Å². The molecule has 0 radical (unpaired) electrons. The summed E-state index contributed by atoms with van der Waals surface area (Å²) >= 11 is 0. The first-order chi connectivity index (χ1) is 27.8. The maximum absolute atomic E-state index is 6.69. The van der Waals surface area contributed by atoms with Crippen LogP contribution in [0, 0.1) is 0 Å². The average molecular weight is 716 g/mol. The molecule has 56 heavy (non-hydrogen) atoms. The SMILES string of the molecule is c1ccc(-c2ccc(N(c3ccc(-c4ccccc4-c4oc5ccccc5c4-c4ccccc4)cc3)c3cccc(-c4cccc5ccccc45)c3)cc2)cc1. The Hall–Kier alpha value is -7.42. The Kier molecular flexibility index (Phi) is 8.55. The molecule has 1 heterocycles. The third-order valence-electron chi connectivity index (χ3n) is 10.7. The van der Waals surface area contributed by atoms with E-state index in [1.807, 2.05) is 6.07 Å². The number of hydrogen-bond donors (Lipinski definition) is 0. The highest BCUT2D eigenvalue weighted by Gasteiger charge is 2.21. The van der Waals surface area contributed by atoms with Crippen molar-refractivity contribution in [1.82, 2.24) is 0 Å². The van der Waals surface area contributed by atoms with E-state index in [1.165, 1.54) is 33.0 Å². The number of anilines is 3. The van der Waals surface area contributed by atoms with Crippen molar-refractivity contribution in [3.8, 4) is 55.8 Å². The molecule has 0 N–H and O–H groups in total. The fraction of sp³-hybridized carbons (Fsp3) is 0. The molecule has 2 heteroatoms. The predicted octanol–water partition coefficient (Wildman–Crippen LogP) is 15.4. The van der Waals surface area contributed by atoms with Gasteiger partial charge in [-0.3, -0.25) is 0 Å². The third kappa shape index (κ3) is 6.14. The van der Waals surface area contributed by atoms with Gasteiger partial charge < -0.3 is 9.32 Å². The van der Waals surface area contributed by atoms with E-state index in [0.29, 0.717) is 0 Å². The van der Waals surface area contributed by atoms with Crippen LogP contribution >= 0.6 is 0 Å². The van der Waals surface area contributed by atoms with Crippen LogP contribution in [-0.4, -0.2) is 0 Å². The van der Waals surface area contributed by atoms with E-state index in [9.17, 15) is 0 Å². The van der Waals surface area contributed by atoms with Crippen molar-refractivity contribution in [2.45, 2.75) is 0 Å². The monoisotopic (exact) mass is 715 g/mol. The number of para-hydroxylation sites is 1. The van der Waals surface area contributed by atoms with Gasteiger partial charge >= 0.3 is 0 Å². The van der Waals surface area contributed by atoms with Crippen LogP contribution in [0.5, 0.6) is 0 Å². The van der Waals surface area contributed by atoms with Crippen LogP contribution in [0.4, 0.5) is 17.1 Å². The molecule has 0 spiro atoms. The Morgan fingerprint density at radius 1 is 0.304 bits per heavy atom. The van der Waals surface area contributed by atoms with Crippen molar-refractivity contribution >= 4 is 38.8 Å². The third-order valence-corrected chi connectivity index (χ3v) is 10.7. The standard InChI is InChI=1S/C54H37NO/c1-3-15-38(16-4-1)39-29-33-44(34-30-39)55(46-22-13-21-43(37-46)49-27-14-20-40-17-7-8-23-47(40)49)45-35-31-41(32-36-45)48-24-9-10-25-50(48)54-53(42-18-5-2-6-19-42)51-26-11-12-28-52(51)56-54/h1-37H. The van der Waals surface area contributed by atoms with Crippen LogP contribution in [0.3, 0.4) is 0 Å². The minimum Gasteiger partial charge on any atom is -0.455 e. The zero-order valence-electron chi connectivity index (χ0n) is 30.7. The second kappa shape index (κ2) is 14.4. The molecule has 1 aromatic heterocycles. The quantitative estimate of drug-likeness (QED) is 0.156. The van der Waals surface area contributed by atoms with Crippen molar-refractivity contribution in [3.05, 3.63) is 224 Å². The van der Waals surface area contributed by atoms with Crippen LogP contribution in [0.2, 0.25) is 0 Å². The molecule has 9 aromatic carbocycles. The molecular weight excluding hydrogens is 679 g/mol. The second-order valence-corrected chi connectivity index (χ2v) is 14.1. The van der Waals surface area contributed by atoms with Gasteiger partial charge in [0, 0.05) is 33.6 Å². The van der Waals surface area contributed by atoms with Gasteiger partial charge in [-0.1, -0.05) is 182 Å². The number of fused-ring (bicyclic) bond motifs is 2. The molecule has 0 aliphatic heterocycles. The highest BCUT2D eigenvalue weighted by molar-refractivity contribution is 6.04. The average Bonchev–Trinajstić information content (AvgIpc) is 3.67. The maximum Gasteiger partial charge on any atom is 0.143 e.